The van der Waals surface area contributed by atoms with Crippen molar-refractivity contribution in [1.82, 2.24) is 15.2 Å². The molecule has 2 rings (SSSR count). The van der Waals surface area contributed by atoms with Gasteiger partial charge in [-0.2, -0.15) is 0 Å². The Morgan fingerprint density at radius 2 is 2.25 bits per heavy atom. The van der Waals surface area contributed by atoms with Gasteiger partial charge in [0.1, 0.15) is 0 Å². The van der Waals surface area contributed by atoms with Gasteiger partial charge in [0.15, 0.2) is 0 Å². The van der Waals surface area contributed by atoms with Crippen molar-refractivity contribution in [3.8, 4) is 5.88 Å². The number of hydrogen-bond acceptors (Lipinski definition) is 5. The Bertz CT molecular complexity index is 516. The minimum Gasteiger partial charge on any atom is -0.481 e. The summed E-state index contributed by atoms with van der Waals surface area (Å²) >= 11 is 0. The van der Waals surface area contributed by atoms with Gasteiger partial charge in [-0.25, -0.2) is 4.98 Å². The van der Waals surface area contributed by atoms with Gasteiger partial charge in [-0.15, -0.1) is 0 Å². The van der Waals surface area contributed by atoms with Crippen molar-refractivity contribution >= 4 is 11.8 Å². The van der Waals surface area contributed by atoms with E-state index in [1.165, 1.54) is 4.90 Å². The maximum absolute atomic E-state index is 12.1. The maximum Gasteiger partial charge on any atom is 0.247 e. The lowest BCUT2D eigenvalue weighted by Crippen LogP contribution is -2.41. The molecule has 6 heteroatoms. The minimum atomic E-state index is -0.463. The van der Waals surface area contributed by atoms with E-state index < -0.39 is 6.04 Å². The third-order valence-electron chi connectivity index (χ3n) is 3.28. The first-order valence-corrected chi connectivity index (χ1v) is 6.61. The Morgan fingerprint density at radius 3 is 2.85 bits per heavy atom. The number of likely N-dealkylation sites (tertiary alicyclic amines) is 1. The van der Waals surface area contributed by atoms with Crippen LogP contribution >= 0.6 is 0 Å². The molecule has 1 unspecified atom stereocenters. The number of pyridine rings is 1. The predicted molar refractivity (Wildman–Crippen MR) is 73.0 cm³/mol. The second-order valence-electron chi connectivity index (χ2n) is 5.01. The van der Waals surface area contributed by atoms with Crippen LogP contribution in [0.3, 0.4) is 0 Å². The number of nitrogens with zero attached hydrogens (tertiary/aromatic N) is 2. The van der Waals surface area contributed by atoms with Gasteiger partial charge in [-0.1, -0.05) is 6.07 Å². The quantitative estimate of drug-likeness (QED) is 0.803. The highest BCUT2D eigenvalue weighted by Gasteiger charge is 2.39. The summed E-state index contributed by atoms with van der Waals surface area (Å²) in [6.45, 7) is 4.11. The third-order valence-corrected chi connectivity index (χ3v) is 3.28. The minimum absolute atomic E-state index is 0.102. The summed E-state index contributed by atoms with van der Waals surface area (Å²) in [6.07, 6.45) is 1.85. The largest absolute Gasteiger partial charge is 0.481 e. The standard InChI is InChI=1S/C14H19N3O3/c1-9(2)17-12(18)7-11(14(17)19)16-8-10-5-4-6-15-13(10)20-3/h4-6,9,11,16H,7-8H2,1-3H3. The summed E-state index contributed by atoms with van der Waals surface area (Å²) in [6, 6.07) is 3.12. The zero-order valence-electron chi connectivity index (χ0n) is 11.9. The molecule has 0 aliphatic carbocycles. The molecule has 0 radical (unpaired) electrons. The van der Waals surface area contributed by atoms with Crippen molar-refractivity contribution in [3.05, 3.63) is 23.9 Å². The first-order valence-electron chi connectivity index (χ1n) is 6.61. The van der Waals surface area contributed by atoms with E-state index in [2.05, 4.69) is 10.3 Å². The Kier molecular flexibility index (Phi) is 4.34. The van der Waals surface area contributed by atoms with Crippen LogP contribution in [0.5, 0.6) is 5.88 Å². The number of imide groups is 1. The molecule has 1 saturated heterocycles. The van der Waals surface area contributed by atoms with Crippen LogP contribution in [0.2, 0.25) is 0 Å². The first-order chi connectivity index (χ1) is 9.54. The zero-order chi connectivity index (χ0) is 14.7. The molecule has 0 aromatic carbocycles. The Hall–Kier alpha value is -1.95. The van der Waals surface area contributed by atoms with Crippen molar-refractivity contribution < 1.29 is 14.3 Å². The molecule has 1 fully saturated rings. The van der Waals surface area contributed by atoms with Crippen LogP contribution in [-0.2, 0) is 16.1 Å². The van der Waals surface area contributed by atoms with Crippen molar-refractivity contribution in [2.45, 2.75) is 38.9 Å². The van der Waals surface area contributed by atoms with E-state index in [0.717, 1.165) is 5.56 Å². The fraction of sp³-hybridized carbons (Fsp3) is 0.500. The average molecular weight is 277 g/mol. The number of hydrogen-bond donors (Lipinski definition) is 1. The van der Waals surface area contributed by atoms with E-state index in [0.29, 0.717) is 12.4 Å². The molecule has 1 aromatic rings. The van der Waals surface area contributed by atoms with Gasteiger partial charge in [-0.3, -0.25) is 14.5 Å². The van der Waals surface area contributed by atoms with Gasteiger partial charge in [0.05, 0.1) is 19.6 Å². The van der Waals surface area contributed by atoms with Crippen LogP contribution in [0.4, 0.5) is 0 Å². The zero-order valence-corrected chi connectivity index (χ0v) is 11.9. The monoisotopic (exact) mass is 277 g/mol. The summed E-state index contributed by atoms with van der Waals surface area (Å²) in [5.74, 6) is 0.242. The highest BCUT2D eigenvalue weighted by molar-refractivity contribution is 6.05. The van der Waals surface area contributed by atoms with Gasteiger partial charge < -0.3 is 10.1 Å². The number of rotatable bonds is 5. The van der Waals surface area contributed by atoms with E-state index in [9.17, 15) is 9.59 Å². The lowest BCUT2D eigenvalue weighted by atomic mass is 10.2. The molecule has 6 nitrogen and oxygen atoms in total. The topological polar surface area (TPSA) is 71.5 Å². The van der Waals surface area contributed by atoms with E-state index in [1.54, 1.807) is 13.3 Å². The number of aromatic nitrogens is 1. The van der Waals surface area contributed by atoms with Gasteiger partial charge in [0.2, 0.25) is 17.7 Å². The van der Waals surface area contributed by atoms with Crippen molar-refractivity contribution in [1.29, 1.82) is 0 Å². The molecule has 1 aliphatic rings. The second-order valence-corrected chi connectivity index (χ2v) is 5.01. The van der Waals surface area contributed by atoms with Crippen LogP contribution in [0, 0.1) is 0 Å². The summed E-state index contributed by atoms with van der Waals surface area (Å²) in [7, 11) is 1.55. The van der Waals surface area contributed by atoms with E-state index in [1.807, 2.05) is 26.0 Å². The molecule has 1 atom stereocenters. The van der Waals surface area contributed by atoms with Gasteiger partial charge in [0, 0.05) is 24.3 Å². The molecule has 1 aromatic heterocycles. The molecular weight excluding hydrogens is 258 g/mol. The molecule has 0 saturated carbocycles. The molecule has 1 N–H and O–H groups in total. The van der Waals surface area contributed by atoms with Crippen molar-refractivity contribution in [2.75, 3.05) is 7.11 Å². The number of ether oxygens (including phenoxy) is 1. The van der Waals surface area contributed by atoms with Crippen LogP contribution in [-0.4, -0.2) is 40.9 Å². The summed E-state index contributed by atoms with van der Waals surface area (Å²) in [5.41, 5.74) is 0.859. The fourth-order valence-electron chi connectivity index (χ4n) is 2.33. The van der Waals surface area contributed by atoms with Crippen LogP contribution in [0.1, 0.15) is 25.8 Å². The molecule has 2 amide bonds. The smallest absolute Gasteiger partial charge is 0.247 e. The lowest BCUT2D eigenvalue weighted by molar-refractivity contribution is -0.140. The average Bonchev–Trinajstić information content (AvgIpc) is 2.71. The van der Waals surface area contributed by atoms with E-state index in [4.69, 9.17) is 4.74 Å². The van der Waals surface area contributed by atoms with Crippen LogP contribution in [0.15, 0.2) is 18.3 Å². The van der Waals surface area contributed by atoms with E-state index >= 15 is 0 Å². The molecule has 0 spiro atoms. The molecule has 20 heavy (non-hydrogen) atoms. The number of carbonyl (C=O) groups is 2. The van der Waals surface area contributed by atoms with Crippen molar-refractivity contribution in [2.24, 2.45) is 0 Å². The van der Waals surface area contributed by atoms with E-state index in [-0.39, 0.29) is 24.3 Å². The molecule has 2 heterocycles. The molecule has 108 valence electrons. The highest BCUT2D eigenvalue weighted by atomic mass is 16.5. The third kappa shape index (κ3) is 2.80. The first kappa shape index (κ1) is 14.5. The summed E-state index contributed by atoms with van der Waals surface area (Å²) < 4.78 is 5.15. The second kappa shape index (κ2) is 6.00. The lowest BCUT2D eigenvalue weighted by Gasteiger charge is -2.19. The normalized spacial score (nSPS) is 19.0. The number of carbonyl (C=O) groups excluding carboxylic acids is 2. The summed E-state index contributed by atoms with van der Waals surface area (Å²) in [4.78, 5) is 29.3. The Balaban J connectivity index is 2.02. The highest BCUT2D eigenvalue weighted by Crippen LogP contribution is 2.18. The maximum atomic E-state index is 12.1. The van der Waals surface area contributed by atoms with Gasteiger partial charge >= 0.3 is 0 Å². The van der Waals surface area contributed by atoms with Gasteiger partial charge in [-0.05, 0) is 19.9 Å². The number of methoxy groups -OCH3 is 1. The Morgan fingerprint density at radius 1 is 1.50 bits per heavy atom. The fourth-order valence-corrected chi connectivity index (χ4v) is 2.33. The molecular formula is C14H19N3O3. The summed E-state index contributed by atoms with van der Waals surface area (Å²) in [5, 5.41) is 3.11. The SMILES string of the molecule is COc1ncccc1CNC1CC(=O)N(C(C)C)C1=O. The Labute approximate surface area is 118 Å². The van der Waals surface area contributed by atoms with Crippen LogP contribution in [0.25, 0.3) is 0 Å². The van der Waals surface area contributed by atoms with Gasteiger partial charge in [0.25, 0.3) is 0 Å². The van der Waals surface area contributed by atoms with Crippen LogP contribution < -0.4 is 10.1 Å². The predicted octanol–water partition coefficient (Wildman–Crippen LogP) is 0.716. The van der Waals surface area contributed by atoms with Crippen molar-refractivity contribution in [3.63, 3.8) is 0 Å². The number of nitrogens with one attached hydrogen (secondary N) is 1. The number of amides is 2. The molecule has 1 aliphatic heterocycles. The molecule has 0 bridgehead atoms.